The molecular formula is C14H22N4OS. The van der Waals surface area contributed by atoms with Gasteiger partial charge >= 0.3 is 0 Å². The summed E-state index contributed by atoms with van der Waals surface area (Å²) >= 11 is 1.65. The Bertz CT molecular complexity index is 552. The minimum atomic E-state index is 0.189. The molecule has 2 aromatic rings. The SMILES string of the molecule is CC1OC(C)C(C(Cc2cn3ccsc3n2)NN)C1C. The van der Waals surface area contributed by atoms with Crippen LogP contribution < -0.4 is 11.3 Å². The van der Waals surface area contributed by atoms with Gasteiger partial charge in [-0.05, 0) is 19.8 Å². The van der Waals surface area contributed by atoms with Crippen molar-refractivity contribution in [3.8, 4) is 0 Å². The van der Waals surface area contributed by atoms with Gasteiger partial charge in [-0.25, -0.2) is 4.98 Å². The van der Waals surface area contributed by atoms with Gasteiger partial charge in [0.15, 0.2) is 4.96 Å². The topological polar surface area (TPSA) is 64.6 Å². The van der Waals surface area contributed by atoms with Crippen LogP contribution in [-0.2, 0) is 11.2 Å². The molecule has 0 aromatic carbocycles. The molecule has 3 rings (SSSR count). The Morgan fingerprint density at radius 3 is 2.85 bits per heavy atom. The first kappa shape index (κ1) is 14.0. The molecule has 1 saturated heterocycles. The van der Waals surface area contributed by atoms with E-state index in [4.69, 9.17) is 10.6 Å². The molecule has 0 saturated carbocycles. The van der Waals surface area contributed by atoms with Crippen LogP contribution in [0.25, 0.3) is 4.96 Å². The Hall–Kier alpha value is -0.950. The fraction of sp³-hybridized carbons (Fsp3) is 0.643. The first-order chi connectivity index (χ1) is 9.60. The first-order valence-electron chi connectivity index (χ1n) is 7.12. The summed E-state index contributed by atoms with van der Waals surface area (Å²) in [5.74, 6) is 6.71. The Kier molecular flexibility index (Phi) is 3.81. The van der Waals surface area contributed by atoms with Crippen LogP contribution in [0.15, 0.2) is 17.8 Å². The average Bonchev–Trinajstić information content (AvgIpc) is 3.03. The second-order valence-corrected chi connectivity index (χ2v) is 6.66. The van der Waals surface area contributed by atoms with Crippen molar-refractivity contribution in [3.63, 3.8) is 0 Å². The second-order valence-electron chi connectivity index (χ2n) is 5.79. The molecule has 5 nitrogen and oxygen atoms in total. The van der Waals surface area contributed by atoms with E-state index in [0.29, 0.717) is 11.8 Å². The van der Waals surface area contributed by atoms with Crippen LogP contribution in [0.5, 0.6) is 0 Å². The normalized spacial score (nSPS) is 32.0. The number of fused-ring (bicyclic) bond motifs is 1. The minimum absolute atomic E-state index is 0.189. The van der Waals surface area contributed by atoms with E-state index >= 15 is 0 Å². The lowest BCUT2D eigenvalue weighted by atomic mass is 9.82. The predicted molar refractivity (Wildman–Crippen MR) is 80.5 cm³/mol. The minimum Gasteiger partial charge on any atom is -0.375 e. The Morgan fingerprint density at radius 1 is 1.45 bits per heavy atom. The van der Waals surface area contributed by atoms with E-state index in [1.807, 2.05) is 11.6 Å². The van der Waals surface area contributed by atoms with Gasteiger partial charge in [-0.15, -0.1) is 11.3 Å². The zero-order valence-corrected chi connectivity index (χ0v) is 12.9. The van der Waals surface area contributed by atoms with Crippen LogP contribution in [-0.4, -0.2) is 27.6 Å². The molecule has 3 heterocycles. The van der Waals surface area contributed by atoms with Gasteiger partial charge in [0.25, 0.3) is 0 Å². The highest BCUT2D eigenvalue weighted by Crippen LogP contribution is 2.35. The zero-order valence-electron chi connectivity index (χ0n) is 12.1. The van der Waals surface area contributed by atoms with Crippen molar-refractivity contribution in [3.05, 3.63) is 23.5 Å². The largest absolute Gasteiger partial charge is 0.375 e. The summed E-state index contributed by atoms with van der Waals surface area (Å²) in [7, 11) is 0. The van der Waals surface area contributed by atoms with Crippen molar-refractivity contribution in [1.29, 1.82) is 0 Å². The van der Waals surface area contributed by atoms with Crippen molar-refractivity contribution in [2.24, 2.45) is 17.7 Å². The van der Waals surface area contributed by atoms with Crippen LogP contribution in [0.4, 0.5) is 0 Å². The van der Waals surface area contributed by atoms with E-state index in [-0.39, 0.29) is 18.2 Å². The summed E-state index contributed by atoms with van der Waals surface area (Å²) in [5, 5.41) is 2.04. The van der Waals surface area contributed by atoms with Gasteiger partial charge < -0.3 is 4.74 Å². The summed E-state index contributed by atoms with van der Waals surface area (Å²) in [6, 6.07) is 0.189. The first-order valence-corrected chi connectivity index (χ1v) is 8.00. The fourth-order valence-electron chi connectivity index (χ4n) is 3.39. The quantitative estimate of drug-likeness (QED) is 0.667. The molecule has 6 heteroatoms. The number of nitrogens with two attached hydrogens (primary N) is 1. The number of imidazole rings is 1. The van der Waals surface area contributed by atoms with Gasteiger partial charge in [0.2, 0.25) is 0 Å². The molecule has 0 amide bonds. The molecule has 110 valence electrons. The number of ether oxygens (including phenoxy) is 1. The molecule has 20 heavy (non-hydrogen) atoms. The highest BCUT2D eigenvalue weighted by atomic mass is 32.1. The third-order valence-electron chi connectivity index (χ3n) is 4.57. The third-order valence-corrected chi connectivity index (χ3v) is 5.34. The van der Waals surface area contributed by atoms with Gasteiger partial charge in [0, 0.05) is 36.2 Å². The van der Waals surface area contributed by atoms with E-state index < -0.39 is 0 Å². The van der Waals surface area contributed by atoms with E-state index in [1.165, 1.54) is 0 Å². The number of hydrogen-bond donors (Lipinski definition) is 2. The fourth-order valence-corrected chi connectivity index (χ4v) is 4.11. The van der Waals surface area contributed by atoms with Crippen molar-refractivity contribution >= 4 is 16.3 Å². The number of aromatic nitrogens is 2. The van der Waals surface area contributed by atoms with Gasteiger partial charge in [-0.2, -0.15) is 0 Å². The Balaban J connectivity index is 1.78. The van der Waals surface area contributed by atoms with Crippen molar-refractivity contribution in [1.82, 2.24) is 14.8 Å². The highest BCUT2D eigenvalue weighted by molar-refractivity contribution is 7.15. The third kappa shape index (κ3) is 2.37. The summed E-state index contributed by atoms with van der Waals surface area (Å²) in [5.41, 5.74) is 4.07. The Morgan fingerprint density at radius 2 is 2.25 bits per heavy atom. The monoisotopic (exact) mass is 294 g/mol. The number of hydrazine groups is 1. The molecular weight excluding hydrogens is 272 g/mol. The van der Waals surface area contributed by atoms with Crippen LogP contribution in [0.2, 0.25) is 0 Å². The van der Waals surface area contributed by atoms with E-state index in [2.05, 4.69) is 41.8 Å². The summed E-state index contributed by atoms with van der Waals surface area (Å²) < 4.78 is 8.00. The standard InChI is InChI=1S/C14H22N4OS/c1-8-9(2)19-10(3)13(8)12(17-15)6-11-7-18-4-5-20-14(18)16-11/h4-5,7-10,12-13,17H,6,15H2,1-3H3. The summed E-state index contributed by atoms with van der Waals surface area (Å²) in [6.45, 7) is 6.52. The van der Waals surface area contributed by atoms with Crippen LogP contribution >= 0.6 is 11.3 Å². The lowest BCUT2D eigenvalue weighted by Crippen LogP contribution is -2.46. The lowest BCUT2D eigenvalue weighted by molar-refractivity contribution is 0.0475. The molecule has 2 aromatic heterocycles. The maximum Gasteiger partial charge on any atom is 0.193 e. The van der Waals surface area contributed by atoms with Crippen LogP contribution in [0, 0.1) is 11.8 Å². The highest BCUT2D eigenvalue weighted by Gasteiger charge is 2.41. The average molecular weight is 294 g/mol. The molecule has 0 radical (unpaired) electrons. The number of nitrogens with one attached hydrogen (secondary N) is 1. The van der Waals surface area contributed by atoms with Crippen molar-refractivity contribution < 1.29 is 4.74 Å². The maximum atomic E-state index is 5.93. The van der Waals surface area contributed by atoms with E-state index in [9.17, 15) is 0 Å². The summed E-state index contributed by atoms with van der Waals surface area (Å²) in [6.07, 6.45) is 5.47. The maximum absolute atomic E-state index is 5.93. The van der Waals surface area contributed by atoms with Crippen LogP contribution in [0.1, 0.15) is 26.5 Å². The molecule has 5 atom stereocenters. The Labute approximate surface area is 123 Å². The molecule has 0 spiro atoms. The molecule has 1 aliphatic rings. The van der Waals surface area contributed by atoms with Gasteiger partial charge in [-0.3, -0.25) is 15.7 Å². The molecule has 0 bridgehead atoms. The number of hydrogen-bond acceptors (Lipinski definition) is 5. The predicted octanol–water partition coefficient (Wildman–Crippen LogP) is 1.83. The second kappa shape index (κ2) is 5.44. The smallest absolute Gasteiger partial charge is 0.193 e. The lowest BCUT2D eigenvalue weighted by Gasteiger charge is -2.27. The van der Waals surface area contributed by atoms with Gasteiger partial charge in [-0.1, -0.05) is 6.92 Å². The van der Waals surface area contributed by atoms with Crippen molar-refractivity contribution in [2.75, 3.05) is 0 Å². The molecule has 3 N–H and O–H groups in total. The molecule has 5 unspecified atom stereocenters. The number of thiazole rings is 1. The number of nitrogens with zero attached hydrogens (tertiary/aromatic N) is 2. The van der Waals surface area contributed by atoms with Crippen LogP contribution in [0.3, 0.4) is 0 Å². The molecule has 0 aliphatic carbocycles. The van der Waals surface area contributed by atoms with Gasteiger partial charge in [0.1, 0.15) is 0 Å². The number of rotatable bonds is 4. The van der Waals surface area contributed by atoms with Gasteiger partial charge in [0.05, 0.1) is 17.9 Å². The summed E-state index contributed by atoms with van der Waals surface area (Å²) in [4.78, 5) is 5.68. The van der Waals surface area contributed by atoms with E-state index in [1.54, 1.807) is 11.3 Å². The van der Waals surface area contributed by atoms with Crippen molar-refractivity contribution in [2.45, 2.75) is 45.4 Å². The molecule has 1 fully saturated rings. The zero-order chi connectivity index (χ0) is 14.3. The molecule has 1 aliphatic heterocycles. The van der Waals surface area contributed by atoms with E-state index in [0.717, 1.165) is 17.1 Å².